The van der Waals surface area contributed by atoms with Gasteiger partial charge in [-0.15, -0.1) is 0 Å². The van der Waals surface area contributed by atoms with Crippen LogP contribution in [0.1, 0.15) is 66.8 Å². The number of aliphatic hydroxyl groups is 1. The zero-order valence-corrected chi connectivity index (χ0v) is 26.5. The molecule has 0 bridgehead atoms. The van der Waals surface area contributed by atoms with Crippen LogP contribution >= 0.6 is 0 Å². The minimum absolute atomic E-state index is 0.0283. The van der Waals surface area contributed by atoms with Gasteiger partial charge < -0.3 is 19.8 Å². The number of amides is 3. The fourth-order valence-electron chi connectivity index (χ4n) is 6.54. The summed E-state index contributed by atoms with van der Waals surface area (Å²) in [5, 5.41) is 10.1. The lowest BCUT2D eigenvalue weighted by atomic mass is 9.77. The maximum Gasteiger partial charge on any atom is 0.416 e. The minimum atomic E-state index is -5.04. The molecule has 2 heterocycles. The molecule has 0 unspecified atom stereocenters. The van der Waals surface area contributed by atoms with Gasteiger partial charge in [-0.25, -0.2) is 4.39 Å². The fourth-order valence-corrected chi connectivity index (χ4v) is 6.54. The number of hydrogen-bond donors (Lipinski definition) is 1. The number of hydrogen-bond acceptors (Lipinski definition) is 4. The zero-order valence-electron chi connectivity index (χ0n) is 26.5. The van der Waals surface area contributed by atoms with Crippen molar-refractivity contribution in [2.75, 3.05) is 33.2 Å². The number of alkyl halides is 6. The van der Waals surface area contributed by atoms with Crippen molar-refractivity contribution in [1.82, 2.24) is 14.7 Å². The number of halogens is 7. The standard InChI is InChI=1S/C33H38F7N3O4/c1-19-13-24(34)5-6-25(19)27-18-43(28(44)21-7-10-42(11-8-21)30(46)31(2,3)47)12-9-26(27)29(45)41(4)17-20-14-22(32(35,36)37)16-23(15-20)33(38,39)40/h5-6,13-16,21,26-27,47H,7-12,17-18H2,1-4H3/t26-,27+/m1/s1. The van der Waals surface area contributed by atoms with E-state index in [0.717, 1.165) is 4.90 Å². The van der Waals surface area contributed by atoms with E-state index in [-0.39, 0.29) is 50.1 Å². The smallest absolute Gasteiger partial charge is 0.381 e. The van der Waals surface area contributed by atoms with Gasteiger partial charge in [0, 0.05) is 57.5 Å². The molecule has 14 heteroatoms. The van der Waals surface area contributed by atoms with Crippen LogP contribution in [0, 0.1) is 24.6 Å². The summed E-state index contributed by atoms with van der Waals surface area (Å²) in [5.74, 6) is -3.48. The summed E-state index contributed by atoms with van der Waals surface area (Å²) in [6, 6.07) is 5.24. The molecule has 2 atom stereocenters. The van der Waals surface area contributed by atoms with E-state index in [9.17, 15) is 50.2 Å². The van der Waals surface area contributed by atoms with Gasteiger partial charge in [-0.05, 0) is 87.1 Å². The number of piperidine rings is 2. The van der Waals surface area contributed by atoms with Crippen LogP contribution in [-0.4, -0.2) is 76.4 Å². The lowest BCUT2D eigenvalue weighted by Crippen LogP contribution is -2.52. The second-order valence-corrected chi connectivity index (χ2v) is 13.0. The zero-order chi connectivity index (χ0) is 35.1. The number of carbonyl (C=O) groups is 3. The highest BCUT2D eigenvalue weighted by Gasteiger charge is 2.42. The van der Waals surface area contributed by atoms with Crippen molar-refractivity contribution >= 4 is 17.7 Å². The lowest BCUT2D eigenvalue weighted by Gasteiger charge is -2.42. The molecule has 2 aliphatic heterocycles. The molecule has 47 heavy (non-hydrogen) atoms. The van der Waals surface area contributed by atoms with Gasteiger partial charge in [-0.2, -0.15) is 26.3 Å². The highest BCUT2D eigenvalue weighted by atomic mass is 19.4. The predicted octanol–water partition coefficient (Wildman–Crippen LogP) is 5.77. The van der Waals surface area contributed by atoms with Gasteiger partial charge in [0.2, 0.25) is 11.8 Å². The third-order valence-corrected chi connectivity index (χ3v) is 8.97. The van der Waals surface area contributed by atoms with Gasteiger partial charge in [0.05, 0.1) is 11.1 Å². The number of benzene rings is 2. The normalized spacial score (nSPS) is 19.9. The van der Waals surface area contributed by atoms with Crippen LogP contribution in [0.2, 0.25) is 0 Å². The highest BCUT2D eigenvalue weighted by Crippen LogP contribution is 2.39. The van der Waals surface area contributed by atoms with Crippen molar-refractivity contribution in [3.05, 3.63) is 70.0 Å². The summed E-state index contributed by atoms with van der Waals surface area (Å²) in [6.45, 7) is 4.74. The highest BCUT2D eigenvalue weighted by molar-refractivity contribution is 5.85. The molecule has 258 valence electrons. The van der Waals surface area contributed by atoms with Gasteiger partial charge in [0.25, 0.3) is 5.91 Å². The molecule has 0 saturated carbocycles. The maximum absolute atomic E-state index is 14.0. The number of nitrogens with zero attached hydrogens (tertiary/aromatic N) is 3. The fraction of sp³-hybridized carbons (Fsp3) is 0.545. The minimum Gasteiger partial charge on any atom is -0.381 e. The van der Waals surface area contributed by atoms with Crippen LogP contribution in [0.15, 0.2) is 36.4 Å². The Kier molecular flexibility index (Phi) is 10.3. The van der Waals surface area contributed by atoms with E-state index < -0.39 is 71.0 Å². The van der Waals surface area contributed by atoms with Gasteiger partial charge in [0.15, 0.2) is 0 Å². The molecular weight excluding hydrogens is 635 g/mol. The molecule has 2 aliphatic rings. The molecule has 3 amide bonds. The molecule has 0 spiro atoms. The van der Waals surface area contributed by atoms with E-state index in [1.165, 1.54) is 44.0 Å². The molecule has 0 aliphatic carbocycles. The van der Waals surface area contributed by atoms with Gasteiger partial charge in [-0.3, -0.25) is 14.4 Å². The van der Waals surface area contributed by atoms with E-state index in [0.29, 0.717) is 36.1 Å². The molecule has 2 saturated heterocycles. The van der Waals surface area contributed by atoms with E-state index in [1.807, 2.05) is 0 Å². The summed E-state index contributed by atoms with van der Waals surface area (Å²) in [7, 11) is 1.30. The SMILES string of the molecule is Cc1cc(F)ccc1[C@@H]1CN(C(=O)C2CCN(C(=O)C(C)(C)O)CC2)CC[C@H]1C(=O)N(C)Cc1cc(C(F)(F)F)cc(C(F)(F)F)c1. The maximum atomic E-state index is 14.0. The number of likely N-dealkylation sites (tertiary alicyclic amines) is 2. The lowest BCUT2D eigenvalue weighted by molar-refractivity contribution is -0.152. The van der Waals surface area contributed by atoms with Gasteiger partial charge >= 0.3 is 12.4 Å². The monoisotopic (exact) mass is 673 g/mol. The Balaban J connectivity index is 1.55. The van der Waals surface area contributed by atoms with Crippen LogP contribution in [0.4, 0.5) is 30.7 Å². The van der Waals surface area contributed by atoms with Crippen molar-refractivity contribution < 1.29 is 50.2 Å². The average molecular weight is 674 g/mol. The number of carbonyl (C=O) groups excluding carboxylic acids is 3. The summed E-state index contributed by atoms with van der Waals surface area (Å²) >= 11 is 0. The van der Waals surface area contributed by atoms with E-state index in [2.05, 4.69) is 0 Å². The Labute approximate surface area is 268 Å². The third-order valence-electron chi connectivity index (χ3n) is 8.97. The van der Waals surface area contributed by atoms with Crippen molar-refractivity contribution in [1.29, 1.82) is 0 Å². The van der Waals surface area contributed by atoms with Crippen LogP contribution in [0.25, 0.3) is 0 Å². The van der Waals surface area contributed by atoms with Crippen LogP contribution in [-0.2, 0) is 33.3 Å². The predicted molar refractivity (Wildman–Crippen MR) is 157 cm³/mol. The molecule has 4 rings (SSSR count). The van der Waals surface area contributed by atoms with Crippen molar-refractivity contribution in [3.63, 3.8) is 0 Å². The van der Waals surface area contributed by atoms with Crippen LogP contribution in [0.3, 0.4) is 0 Å². The Hall–Kier alpha value is -3.68. The summed E-state index contributed by atoms with van der Waals surface area (Å²) < 4.78 is 94.6. The molecule has 7 nitrogen and oxygen atoms in total. The van der Waals surface area contributed by atoms with Crippen LogP contribution < -0.4 is 0 Å². The average Bonchev–Trinajstić information content (AvgIpc) is 2.98. The molecule has 1 N–H and O–H groups in total. The van der Waals surface area contributed by atoms with Gasteiger partial charge in [0.1, 0.15) is 11.4 Å². The number of rotatable bonds is 6. The second kappa shape index (κ2) is 13.4. The van der Waals surface area contributed by atoms with Crippen molar-refractivity contribution in [2.45, 2.75) is 70.4 Å². The first-order valence-electron chi connectivity index (χ1n) is 15.3. The first-order chi connectivity index (χ1) is 21.7. The van der Waals surface area contributed by atoms with Crippen LogP contribution in [0.5, 0.6) is 0 Å². The van der Waals surface area contributed by atoms with Crippen molar-refractivity contribution in [2.24, 2.45) is 11.8 Å². The second-order valence-electron chi connectivity index (χ2n) is 13.0. The Bertz CT molecular complexity index is 1460. The van der Waals surface area contributed by atoms with E-state index >= 15 is 0 Å². The third kappa shape index (κ3) is 8.43. The molecular formula is C33H38F7N3O4. The summed E-state index contributed by atoms with van der Waals surface area (Å²) in [6.07, 6.45) is -9.17. The molecule has 2 fully saturated rings. The number of aryl methyl sites for hydroxylation is 1. The Morgan fingerprint density at radius 2 is 1.43 bits per heavy atom. The topological polar surface area (TPSA) is 81.2 Å². The van der Waals surface area contributed by atoms with E-state index in [4.69, 9.17) is 0 Å². The van der Waals surface area contributed by atoms with Gasteiger partial charge in [-0.1, -0.05) is 6.07 Å². The Morgan fingerprint density at radius 3 is 1.94 bits per heavy atom. The molecule has 0 radical (unpaired) electrons. The summed E-state index contributed by atoms with van der Waals surface area (Å²) in [4.78, 5) is 44.2. The first kappa shape index (κ1) is 36.2. The Morgan fingerprint density at radius 1 is 0.872 bits per heavy atom. The quantitative estimate of drug-likeness (QED) is 0.395. The first-order valence-corrected chi connectivity index (χ1v) is 15.3. The van der Waals surface area contributed by atoms with Crippen molar-refractivity contribution in [3.8, 4) is 0 Å². The van der Waals surface area contributed by atoms with E-state index in [1.54, 1.807) is 11.8 Å². The molecule has 2 aromatic rings. The molecule has 0 aromatic heterocycles. The summed E-state index contributed by atoms with van der Waals surface area (Å²) in [5.41, 5.74) is -3.73. The largest absolute Gasteiger partial charge is 0.416 e. The molecule has 2 aromatic carbocycles.